The number of hydrogen-bond acceptors (Lipinski definition) is 3. The van der Waals surface area contributed by atoms with Crippen LogP contribution >= 0.6 is 15.9 Å². The van der Waals surface area contributed by atoms with Crippen LogP contribution in [-0.4, -0.2) is 13.2 Å². The monoisotopic (exact) mass is 349 g/mol. The average molecular weight is 350 g/mol. The summed E-state index contributed by atoms with van der Waals surface area (Å²) in [6.45, 7) is 5.90. The van der Waals surface area contributed by atoms with Crippen molar-refractivity contribution < 1.29 is 9.15 Å². The molecule has 1 unspecified atom stereocenters. The number of aryl methyl sites for hydroxylation is 1. The van der Waals surface area contributed by atoms with Crippen molar-refractivity contribution >= 4 is 15.9 Å². The Labute approximate surface area is 133 Å². The average Bonchev–Trinajstić information content (AvgIpc) is 3.12. The molecule has 3 nitrogen and oxygen atoms in total. The first-order chi connectivity index (χ1) is 10.2. The Hall–Kier alpha value is -1.26. The number of rotatable bonds is 5. The van der Waals surface area contributed by atoms with Crippen molar-refractivity contribution in [1.29, 1.82) is 0 Å². The molecule has 0 radical (unpaired) electrons. The molecule has 1 N–H and O–H groups in total. The lowest BCUT2D eigenvalue weighted by atomic mass is 9.95. The molecular formula is C17H20BrNO2. The molecule has 1 atom stereocenters. The number of benzene rings is 1. The highest BCUT2D eigenvalue weighted by molar-refractivity contribution is 9.10. The van der Waals surface area contributed by atoms with Crippen LogP contribution in [0, 0.1) is 0 Å². The molecule has 4 heteroatoms. The second-order valence-corrected chi connectivity index (χ2v) is 6.14. The van der Waals surface area contributed by atoms with Crippen LogP contribution in [0.1, 0.15) is 42.3 Å². The van der Waals surface area contributed by atoms with Crippen LogP contribution in [0.4, 0.5) is 0 Å². The van der Waals surface area contributed by atoms with Gasteiger partial charge in [0.1, 0.15) is 11.5 Å². The molecule has 2 aromatic rings. The predicted octanol–water partition coefficient (Wildman–Crippen LogP) is 4.24. The number of nitrogens with one attached hydrogen (secondary N) is 1. The highest BCUT2D eigenvalue weighted by Crippen LogP contribution is 2.39. The minimum atomic E-state index is 0.105. The Kier molecular flexibility index (Phi) is 4.36. The third kappa shape index (κ3) is 2.74. The van der Waals surface area contributed by atoms with Gasteiger partial charge in [0, 0.05) is 28.4 Å². The Morgan fingerprint density at radius 2 is 2.14 bits per heavy atom. The van der Waals surface area contributed by atoms with Gasteiger partial charge in [-0.15, -0.1) is 0 Å². The van der Waals surface area contributed by atoms with Crippen LogP contribution in [0.5, 0.6) is 5.75 Å². The van der Waals surface area contributed by atoms with Crippen LogP contribution in [0.2, 0.25) is 0 Å². The lowest BCUT2D eigenvalue weighted by Gasteiger charge is -2.21. The maximum absolute atomic E-state index is 5.89. The number of halogens is 1. The van der Waals surface area contributed by atoms with Gasteiger partial charge in [0.25, 0.3) is 0 Å². The van der Waals surface area contributed by atoms with Gasteiger partial charge in [-0.1, -0.05) is 29.8 Å². The van der Waals surface area contributed by atoms with Crippen molar-refractivity contribution in [1.82, 2.24) is 5.32 Å². The summed E-state index contributed by atoms with van der Waals surface area (Å²) >= 11 is 3.63. The third-order valence-electron chi connectivity index (χ3n) is 3.91. The van der Waals surface area contributed by atoms with Gasteiger partial charge in [-0.3, -0.25) is 0 Å². The van der Waals surface area contributed by atoms with Crippen LogP contribution in [0.25, 0.3) is 0 Å². The molecule has 1 aromatic carbocycles. The zero-order valence-corrected chi connectivity index (χ0v) is 14.0. The van der Waals surface area contributed by atoms with Gasteiger partial charge in [-0.25, -0.2) is 0 Å². The summed E-state index contributed by atoms with van der Waals surface area (Å²) in [5, 5.41) is 3.57. The molecule has 0 aliphatic carbocycles. The predicted molar refractivity (Wildman–Crippen MR) is 86.9 cm³/mol. The molecule has 3 rings (SSSR count). The van der Waals surface area contributed by atoms with E-state index in [1.165, 1.54) is 16.7 Å². The van der Waals surface area contributed by atoms with E-state index in [0.717, 1.165) is 42.0 Å². The van der Waals surface area contributed by atoms with Crippen molar-refractivity contribution in [2.75, 3.05) is 13.2 Å². The topological polar surface area (TPSA) is 34.4 Å². The van der Waals surface area contributed by atoms with Crippen LogP contribution in [-0.2, 0) is 12.8 Å². The summed E-state index contributed by atoms with van der Waals surface area (Å²) in [4.78, 5) is 0. The SMILES string of the molecule is CCNC(c1ccoc1CC)c1cc(Br)cc2c1OCC2. The van der Waals surface area contributed by atoms with Crippen molar-refractivity contribution in [3.8, 4) is 5.75 Å². The Balaban J connectivity index is 2.10. The van der Waals surface area contributed by atoms with E-state index in [2.05, 4.69) is 53.3 Å². The fraction of sp³-hybridized carbons (Fsp3) is 0.412. The molecule has 1 aliphatic rings. The van der Waals surface area contributed by atoms with Crippen molar-refractivity contribution in [3.63, 3.8) is 0 Å². The fourth-order valence-electron chi connectivity index (χ4n) is 3.00. The molecule has 0 spiro atoms. The Morgan fingerprint density at radius 3 is 2.90 bits per heavy atom. The van der Waals surface area contributed by atoms with Crippen molar-refractivity contribution in [2.24, 2.45) is 0 Å². The van der Waals surface area contributed by atoms with Gasteiger partial charge in [-0.05, 0) is 30.3 Å². The Morgan fingerprint density at radius 1 is 1.29 bits per heavy atom. The maximum atomic E-state index is 5.89. The first-order valence-corrected chi connectivity index (χ1v) is 8.28. The standard InChI is InChI=1S/C17H20BrNO2/c1-3-15-13(6-8-20-15)16(19-4-2)14-10-12(18)9-11-5-7-21-17(11)14/h6,8-10,16,19H,3-5,7H2,1-2H3. The largest absolute Gasteiger partial charge is 0.493 e. The highest BCUT2D eigenvalue weighted by atomic mass is 79.9. The lowest BCUT2D eigenvalue weighted by Crippen LogP contribution is -2.23. The van der Waals surface area contributed by atoms with Crippen LogP contribution in [0.15, 0.2) is 33.4 Å². The molecule has 112 valence electrons. The van der Waals surface area contributed by atoms with Gasteiger partial charge in [0.2, 0.25) is 0 Å². The normalized spacial score (nSPS) is 14.8. The fourth-order valence-corrected chi connectivity index (χ4v) is 3.52. The van der Waals surface area contributed by atoms with E-state index in [1.54, 1.807) is 6.26 Å². The lowest BCUT2D eigenvalue weighted by molar-refractivity contribution is 0.350. The van der Waals surface area contributed by atoms with E-state index in [-0.39, 0.29) is 6.04 Å². The molecule has 0 fully saturated rings. The first-order valence-electron chi connectivity index (χ1n) is 7.49. The van der Waals surface area contributed by atoms with Gasteiger partial charge in [-0.2, -0.15) is 0 Å². The molecule has 1 aromatic heterocycles. The molecule has 1 aliphatic heterocycles. The van der Waals surface area contributed by atoms with Crippen LogP contribution in [0.3, 0.4) is 0 Å². The molecule has 0 saturated carbocycles. The summed E-state index contributed by atoms with van der Waals surface area (Å²) in [6.07, 6.45) is 3.64. The number of furan rings is 1. The van der Waals surface area contributed by atoms with Gasteiger partial charge in [0.05, 0.1) is 18.9 Å². The van der Waals surface area contributed by atoms with Gasteiger partial charge in [0.15, 0.2) is 0 Å². The third-order valence-corrected chi connectivity index (χ3v) is 4.37. The van der Waals surface area contributed by atoms with E-state index in [1.807, 2.05) is 0 Å². The molecule has 0 amide bonds. The molecule has 2 heterocycles. The van der Waals surface area contributed by atoms with E-state index in [0.29, 0.717) is 0 Å². The summed E-state index contributed by atoms with van der Waals surface area (Å²) in [5.41, 5.74) is 3.67. The van der Waals surface area contributed by atoms with Crippen molar-refractivity contribution in [3.05, 3.63) is 51.4 Å². The highest BCUT2D eigenvalue weighted by Gasteiger charge is 2.26. The van der Waals surface area contributed by atoms with Gasteiger partial charge < -0.3 is 14.5 Å². The maximum Gasteiger partial charge on any atom is 0.127 e. The molecular weight excluding hydrogens is 330 g/mol. The second-order valence-electron chi connectivity index (χ2n) is 5.23. The summed E-state index contributed by atoms with van der Waals surface area (Å²) in [6, 6.07) is 6.48. The molecule has 21 heavy (non-hydrogen) atoms. The zero-order valence-electron chi connectivity index (χ0n) is 12.4. The summed E-state index contributed by atoms with van der Waals surface area (Å²) < 4.78 is 12.6. The van der Waals surface area contributed by atoms with E-state index in [4.69, 9.17) is 9.15 Å². The second kappa shape index (κ2) is 6.24. The van der Waals surface area contributed by atoms with Crippen molar-refractivity contribution in [2.45, 2.75) is 32.7 Å². The smallest absolute Gasteiger partial charge is 0.127 e. The minimum Gasteiger partial charge on any atom is -0.493 e. The minimum absolute atomic E-state index is 0.105. The summed E-state index contributed by atoms with van der Waals surface area (Å²) in [7, 11) is 0. The summed E-state index contributed by atoms with van der Waals surface area (Å²) in [5.74, 6) is 2.07. The van der Waals surface area contributed by atoms with E-state index < -0.39 is 0 Å². The number of fused-ring (bicyclic) bond motifs is 1. The van der Waals surface area contributed by atoms with Crippen LogP contribution < -0.4 is 10.1 Å². The van der Waals surface area contributed by atoms with Gasteiger partial charge >= 0.3 is 0 Å². The molecule has 0 bridgehead atoms. The first kappa shape index (κ1) is 14.7. The quantitative estimate of drug-likeness (QED) is 0.876. The zero-order chi connectivity index (χ0) is 14.8. The number of hydrogen-bond donors (Lipinski definition) is 1. The number of ether oxygens (including phenoxy) is 1. The van der Waals surface area contributed by atoms with E-state index in [9.17, 15) is 0 Å². The molecule has 0 saturated heterocycles. The van der Waals surface area contributed by atoms with E-state index >= 15 is 0 Å². The Bertz CT molecular complexity index is 636.